The van der Waals surface area contributed by atoms with Gasteiger partial charge in [-0.25, -0.2) is 4.39 Å². The first-order valence-corrected chi connectivity index (χ1v) is 10.5. The molecule has 1 N–H and O–H groups in total. The van der Waals surface area contributed by atoms with Crippen molar-refractivity contribution in [1.82, 2.24) is 20.1 Å². The molecule has 0 atom stereocenters. The Morgan fingerprint density at radius 2 is 1.90 bits per heavy atom. The van der Waals surface area contributed by atoms with Gasteiger partial charge in [-0.15, -0.1) is 10.2 Å². The van der Waals surface area contributed by atoms with E-state index in [1.54, 1.807) is 22.8 Å². The van der Waals surface area contributed by atoms with Crippen molar-refractivity contribution in [3.63, 3.8) is 0 Å². The lowest BCUT2D eigenvalue weighted by molar-refractivity contribution is -0.118. The largest absolute Gasteiger partial charge is 0.494 e. The number of aromatic nitrogens is 3. The zero-order valence-electron chi connectivity index (χ0n) is 16.4. The molecular weight excluding hydrogens is 391 g/mol. The van der Waals surface area contributed by atoms with Crippen molar-refractivity contribution in [1.29, 1.82) is 0 Å². The van der Waals surface area contributed by atoms with E-state index < -0.39 is 5.82 Å². The molecule has 0 aliphatic heterocycles. The molecule has 6 nitrogen and oxygen atoms in total. The van der Waals surface area contributed by atoms with E-state index >= 15 is 0 Å². The molecular formula is C21H23FN4O2S. The molecule has 0 aliphatic carbocycles. The quantitative estimate of drug-likeness (QED) is 0.534. The second-order valence-electron chi connectivity index (χ2n) is 6.19. The van der Waals surface area contributed by atoms with E-state index in [0.717, 1.165) is 17.7 Å². The lowest BCUT2D eigenvalue weighted by Gasteiger charge is -2.11. The van der Waals surface area contributed by atoms with Gasteiger partial charge in [0.1, 0.15) is 11.6 Å². The van der Waals surface area contributed by atoms with Gasteiger partial charge in [-0.1, -0.05) is 30.8 Å². The van der Waals surface area contributed by atoms with Gasteiger partial charge in [0.15, 0.2) is 11.0 Å². The van der Waals surface area contributed by atoms with Crippen LogP contribution in [0.25, 0.3) is 17.1 Å². The van der Waals surface area contributed by atoms with E-state index in [1.165, 1.54) is 17.8 Å². The number of hydrogen-bond acceptors (Lipinski definition) is 5. The zero-order chi connectivity index (χ0) is 20.6. The SMILES string of the molecule is CCCNC(=O)CSc1nnc(-c2ccc(OCC)cc2)n1-c1ccccc1F. The maximum atomic E-state index is 14.6. The molecule has 0 radical (unpaired) electrons. The number of nitrogens with one attached hydrogen (secondary N) is 1. The van der Waals surface area contributed by atoms with Crippen molar-refractivity contribution in [3.05, 3.63) is 54.3 Å². The predicted molar refractivity (Wildman–Crippen MR) is 112 cm³/mol. The summed E-state index contributed by atoms with van der Waals surface area (Å²) in [5, 5.41) is 11.8. The van der Waals surface area contributed by atoms with Crippen molar-refractivity contribution in [2.45, 2.75) is 25.4 Å². The fourth-order valence-electron chi connectivity index (χ4n) is 2.71. The summed E-state index contributed by atoms with van der Waals surface area (Å²) in [6.45, 7) is 5.11. The minimum Gasteiger partial charge on any atom is -0.494 e. The number of benzene rings is 2. The van der Waals surface area contributed by atoms with Crippen LogP contribution in [0, 0.1) is 5.82 Å². The molecule has 1 aromatic heterocycles. The molecule has 2 aromatic carbocycles. The maximum absolute atomic E-state index is 14.6. The highest BCUT2D eigenvalue weighted by atomic mass is 32.2. The Morgan fingerprint density at radius 1 is 1.14 bits per heavy atom. The maximum Gasteiger partial charge on any atom is 0.230 e. The summed E-state index contributed by atoms with van der Waals surface area (Å²) in [5.41, 5.74) is 1.10. The van der Waals surface area contributed by atoms with E-state index in [2.05, 4.69) is 15.5 Å². The molecule has 1 amide bonds. The van der Waals surface area contributed by atoms with Crippen LogP contribution >= 0.6 is 11.8 Å². The van der Waals surface area contributed by atoms with E-state index in [-0.39, 0.29) is 11.7 Å². The highest BCUT2D eigenvalue weighted by Crippen LogP contribution is 2.30. The number of carbonyl (C=O) groups is 1. The van der Waals surface area contributed by atoms with E-state index in [0.29, 0.717) is 29.8 Å². The molecule has 0 fully saturated rings. The summed E-state index contributed by atoms with van der Waals surface area (Å²) < 4.78 is 21.7. The van der Waals surface area contributed by atoms with Crippen LogP contribution < -0.4 is 10.1 Å². The Balaban J connectivity index is 1.95. The van der Waals surface area contributed by atoms with Gasteiger partial charge < -0.3 is 10.1 Å². The molecule has 0 bridgehead atoms. The second-order valence-corrected chi connectivity index (χ2v) is 7.13. The van der Waals surface area contributed by atoms with Gasteiger partial charge in [-0.2, -0.15) is 0 Å². The number of para-hydroxylation sites is 1. The minimum atomic E-state index is -0.392. The fourth-order valence-corrected chi connectivity index (χ4v) is 3.49. The number of carbonyl (C=O) groups excluding carboxylic acids is 1. The van der Waals surface area contributed by atoms with Crippen LogP contribution in [0.1, 0.15) is 20.3 Å². The highest BCUT2D eigenvalue weighted by Gasteiger charge is 2.19. The Morgan fingerprint density at radius 3 is 2.59 bits per heavy atom. The van der Waals surface area contributed by atoms with Gasteiger partial charge in [0.05, 0.1) is 18.0 Å². The van der Waals surface area contributed by atoms with Crippen molar-refractivity contribution >= 4 is 17.7 Å². The Hall–Kier alpha value is -2.87. The van der Waals surface area contributed by atoms with Crippen LogP contribution in [0.4, 0.5) is 4.39 Å². The number of rotatable bonds is 9. The smallest absolute Gasteiger partial charge is 0.230 e. The van der Waals surface area contributed by atoms with Gasteiger partial charge in [-0.3, -0.25) is 9.36 Å². The summed E-state index contributed by atoms with van der Waals surface area (Å²) in [7, 11) is 0. The average Bonchev–Trinajstić information content (AvgIpc) is 3.15. The number of thioether (sulfide) groups is 1. The summed E-state index contributed by atoms with van der Waals surface area (Å²) in [6, 6.07) is 13.8. The number of ether oxygens (including phenoxy) is 1. The minimum absolute atomic E-state index is 0.0949. The molecule has 152 valence electrons. The van der Waals surface area contributed by atoms with Crippen molar-refractivity contribution in [3.8, 4) is 22.8 Å². The van der Waals surface area contributed by atoms with Gasteiger partial charge in [-0.05, 0) is 49.7 Å². The standard InChI is InChI=1S/C21H23FN4O2S/c1-3-13-23-19(27)14-29-21-25-24-20(15-9-11-16(12-10-15)28-4-2)26(21)18-8-6-5-7-17(18)22/h5-12H,3-4,13-14H2,1-2H3,(H,23,27). The van der Waals surface area contributed by atoms with Crippen LogP contribution in [0.3, 0.4) is 0 Å². The molecule has 0 unspecified atom stereocenters. The van der Waals surface area contributed by atoms with E-state index in [4.69, 9.17) is 4.74 Å². The number of nitrogens with zero attached hydrogens (tertiary/aromatic N) is 3. The highest BCUT2D eigenvalue weighted by molar-refractivity contribution is 7.99. The summed E-state index contributed by atoms with van der Waals surface area (Å²) >= 11 is 1.22. The Labute approximate surface area is 173 Å². The second kappa shape index (κ2) is 10.1. The molecule has 8 heteroatoms. The molecule has 0 spiro atoms. The number of amides is 1. The number of hydrogen-bond donors (Lipinski definition) is 1. The van der Waals surface area contributed by atoms with Crippen molar-refractivity contribution in [2.24, 2.45) is 0 Å². The van der Waals surface area contributed by atoms with Crippen LogP contribution in [-0.2, 0) is 4.79 Å². The summed E-state index contributed by atoms with van der Waals surface area (Å²) in [6.07, 6.45) is 0.865. The summed E-state index contributed by atoms with van der Waals surface area (Å²) in [5.74, 6) is 0.930. The van der Waals surface area contributed by atoms with Crippen molar-refractivity contribution < 1.29 is 13.9 Å². The molecule has 0 saturated carbocycles. The first kappa shape index (κ1) is 20.9. The van der Waals surface area contributed by atoms with Gasteiger partial charge in [0.2, 0.25) is 5.91 Å². The summed E-state index contributed by atoms with van der Waals surface area (Å²) in [4.78, 5) is 12.0. The molecule has 29 heavy (non-hydrogen) atoms. The zero-order valence-corrected chi connectivity index (χ0v) is 17.2. The third-order valence-electron chi connectivity index (χ3n) is 4.05. The van der Waals surface area contributed by atoms with Crippen LogP contribution in [0.5, 0.6) is 5.75 Å². The van der Waals surface area contributed by atoms with Crippen LogP contribution in [-0.4, -0.2) is 39.6 Å². The van der Waals surface area contributed by atoms with Gasteiger partial charge in [0.25, 0.3) is 0 Å². The van der Waals surface area contributed by atoms with Gasteiger partial charge in [0, 0.05) is 12.1 Å². The lowest BCUT2D eigenvalue weighted by atomic mass is 10.2. The van der Waals surface area contributed by atoms with Gasteiger partial charge >= 0.3 is 0 Å². The van der Waals surface area contributed by atoms with E-state index in [1.807, 2.05) is 38.1 Å². The molecule has 1 heterocycles. The first-order valence-electron chi connectivity index (χ1n) is 9.47. The molecule has 0 saturated heterocycles. The first-order chi connectivity index (χ1) is 14.1. The lowest BCUT2D eigenvalue weighted by Crippen LogP contribution is -2.25. The van der Waals surface area contributed by atoms with Crippen molar-refractivity contribution in [2.75, 3.05) is 18.9 Å². The topological polar surface area (TPSA) is 69.0 Å². The van der Waals surface area contributed by atoms with Crippen LogP contribution in [0.2, 0.25) is 0 Å². The normalized spacial score (nSPS) is 10.7. The monoisotopic (exact) mass is 414 g/mol. The molecule has 0 aliphatic rings. The third-order valence-corrected chi connectivity index (χ3v) is 4.98. The van der Waals surface area contributed by atoms with Crippen LogP contribution in [0.15, 0.2) is 53.7 Å². The molecule has 3 aromatic rings. The predicted octanol–water partition coefficient (Wildman–Crippen LogP) is 4.09. The third kappa shape index (κ3) is 5.14. The fraction of sp³-hybridized carbons (Fsp3) is 0.286. The Bertz CT molecular complexity index is 960. The molecule has 3 rings (SSSR count). The average molecular weight is 415 g/mol. The number of halogens is 1. The van der Waals surface area contributed by atoms with E-state index in [9.17, 15) is 9.18 Å². The Kier molecular flexibility index (Phi) is 7.24.